The number of hydrogen-bond acceptors (Lipinski definition) is 3. The van der Waals surface area contributed by atoms with E-state index in [2.05, 4.69) is 15.3 Å². The van der Waals surface area contributed by atoms with Gasteiger partial charge in [-0.3, -0.25) is 5.01 Å². The van der Waals surface area contributed by atoms with Crippen LogP contribution in [-0.2, 0) is 0 Å². The van der Waals surface area contributed by atoms with Crippen LogP contribution in [0.15, 0.2) is 10.4 Å². The zero-order valence-corrected chi connectivity index (χ0v) is 5.93. The van der Waals surface area contributed by atoms with Crippen molar-refractivity contribution in [1.82, 2.24) is 5.01 Å². The lowest BCUT2D eigenvalue weighted by atomic mass is 10.5. The van der Waals surface area contributed by atoms with Crippen molar-refractivity contribution in [2.75, 3.05) is 6.54 Å². The Hall–Kier alpha value is -1.29. The summed E-state index contributed by atoms with van der Waals surface area (Å²) in [7, 11) is 0. The molecule has 0 aromatic heterocycles. The van der Waals surface area contributed by atoms with Crippen molar-refractivity contribution in [1.29, 1.82) is 0 Å². The molecule has 0 aliphatic rings. The molecule has 0 saturated carbocycles. The molecule has 0 radical (unpaired) electrons. The Morgan fingerprint density at radius 3 is 2.70 bits per heavy atom. The van der Waals surface area contributed by atoms with E-state index in [1.54, 1.807) is 13.8 Å². The molecule has 6 heteroatoms. The molecule has 0 aliphatic carbocycles. The topological polar surface area (TPSA) is 81.4 Å². The van der Waals surface area contributed by atoms with Crippen LogP contribution in [0.4, 0.5) is 0 Å². The molecule has 0 heterocycles. The monoisotopic (exact) mass is 143 g/mol. The molecular formula is C4H9N5O. The minimum absolute atomic E-state index is 0.448. The highest BCUT2D eigenvalue weighted by Crippen LogP contribution is 1.99. The van der Waals surface area contributed by atoms with E-state index in [0.717, 1.165) is 5.01 Å². The van der Waals surface area contributed by atoms with Crippen LogP contribution < -0.4 is 0 Å². The minimum atomic E-state index is -0.493. The van der Waals surface area contributed by atoms with Gasteiger partial charge in [-0.1, -0.05) is 5.11 Å². The summed E-state index contributed by atoms with van der Waals surface area (Å²) >= 11 is 0. The third-order valence-corrected chi connectivity index (χ3v) is 1.08. The highest BCUT2D eigenvalue weighted by Gasteiger charge is 2.06. The molecule has 0 saturated heterocycles. The Morgan fingerprint density at radius 1 is 1.80 bits per heavy atom. The molecule has 56 valence electrons. The second-order valence-electron chi connectivity index (χ2n) is 1.67. The van der Waals surface area contributed by atoms with Crippen LogP contribution in [0.1, 0.15) is 13.8 Å². The summed E-state index contributed by atoms with van der Waals surface area (Å²) in [5.41, 5.74) is 7.96. The number of nitrogens with zero attached hydrogens (tertiary/aromatic N) is 5. The van der Waals surface area contributed by atoms with Gasteiger partial charge in [0.25, 0.3) is 0 Å². The van der Waals surface area contributed by atoms with Crippen molar-refractivity contribution in [3.05, 3.63) is 15.3 Å². The molecule has 6 nitrogen and oxygen atoms in total. The average Bonchev–Trinajstić information content (AvgIpc) is 1.91. The van der Waals surface area contributed by atoms with E-state index >= 15 is 0 Å². The molecule has 0 N–H and O–H groups in total. The van der Waals surface area contributed by atoms with Gasteiger partial charge in [0, 0.05) is 11.5 Å². The van der Waals surface area contributed by atoms with Gasteiger partial charge in [-0.15, -0.1) is 4.91 Å². The van der Waals surface area contributed by atoms with Gasteiger partial charge in [-0.05, 0) is 19.4 Å². The highest BCUT2D eigenvalue weighted by molar-refractivity contribution is 4.58. The molecule has 0 aliphatic heterocycles. The lowest BCUT2D eigenvalue weighted by molar-refractivity contribution is 0.231. The average molecular weight is 143 g/mol. The Balaban J connectivity index is 3.99. The maximum Gasteiger partial charge on any atom is 0.126 e. The standard InChI is InChI=1S/C4H9N5O/c1-3-9(8-10)4(2)6-7-5/h4H,3H2,1-2H3. The molecule has 1 unspecified atom stereocenters. The molecule has 0 fully saturated rings. The number of rotatable bonds is 4. The Kier molecular flexibility index (Phi) is 3.99. The molecule has 0 aromatic rings. The number of azide groups is 1. The Bertz CT molecular complexity index is 152. The molecule has 0 spiro atoms. The summed E-state index contributed by atoms with van der Waals surface area (Å²) in [5, 5.41) is 7.08. The zero-order valence-electron chi connectivity index (χ0n) is 5.93. The third kappa shape index (κ3) is 2.32. The van der Waals surface area contributed by atoms with Gasteiger partial charge < -0.3 is 0 Å². The Morgan fingerprint density at radius 2 is 2.40 bits per heavy atom. The maximum atomic E-state index is 9.94. The molecule has 1 atom stereocenters. The van der Waals surface area contributed by atoms with Crippen molar-refractivity contribution in [3.8, 4) is 0 Å². The summed E-state index contributed by atoms with van der Waals surface area (Å²) in [5.74, 6) is 0. The first-order valence-corrected chi connectivity index (χ1v) is 2.90. The van der Waals surface area contributed by atoms with Gasteiger partial charge in [0.2, 0.25) is 0 Å². The van der Waals surface area contributed by atoms with Gasteiger partial charge in [0.05, 0.1) is 5.29 Å². The second-order valence-corrected chi connectivity index (χ2v) is 1.67. The molecule has 0 aromatic carbocycles. The zero-order chi connectivity index (χ0) is 7.98. The molecule has 0 rings (SSSR count). The van der Waals surface area contributed by atoms with Crippen molar-refractivity contribution in [2.24, 2.45) is 10.4 Å². The predicted molar refractivity (Wildman–Crippen MR) is 36.8 cm³/mol. The van der Waals surface area contributed by atoms with E-state index in [0.29, 0.717) is 6.54 Å². The van der Waals surface area contributed by atoms with E-state index in [1.807, 2.05) is 0 Å². The molecule has 10 heavy (non-hydrogen) atoms. The first kappa shape index (κ1) is 8.71. The first-order chi connectivity index (χ1) is 4.76. The van der Waals surface area contributed by atoms with Crippen molar-refractivity contribution >= 4 is 0 Å². The predicted octanol–water partition coefficient (Wildman–Crippen LogP) is 1.65. The van der Waals surface area contributed by atoms with Gasteiger partial charge in [-0.25, -0.2) is 0 Å². The van der Waals surface area contributed by atoms with Crippen LogP contribution in [0.3, 0.4) is 0 Å². The minimum Gasteiger partial charge on any atom is -0.253 e. The SMILES string of the molecule is CCN(N=O)C(C)N=[N+]=[N-]. The van der Waals surface area contributed by atoms with Gasteiger partial charge in [0.1, 0.15) is 6.17 Å². The molecule has 0 bridgehead atoms. The van der Waals surface area contributed by atoms with E-state index < -0.39 is 6.17 Å². The van der Waals surface area contributed by atoms with Crippen LogP contribution in [0.2, 0.25) is 0 Å². The fraction of sp³-hybridized carbons (Fsp3) is 1.00. The lowest BCUT2D eigenvalue weighted by Gasteiger charge is -2.15. The van der Waals surface area contributed by atoms with Crippen LogP contribution >= 0.6 is 0 Å². The number of nitroso groups, excluding NO2 is 1. The van der Waals surface area contributed by atoms with Gasteiger partial charge >= 0.3 is 0 Å². The molecular weight excluding hydrogens is 134 g/mol. The van der Waals surface area contributed by atoms with E-state index in [4.69, 9.17) is 5.53 Å². The van der Waals surface area contributed by atoms with Crippen LogP contribution in [-0.4, -0.2) is 17.7 Å². The van der Waals surface area contributed by atoms with E-state index in [-0.39, 0.29) is 0 Å². The van der Waals surface area contributed by atoms with E-state index in [9.17, 15) is 4.91 Å². The smallest absolute Gasteiger partial charge is 0.126 e. The highest BCUT2D eigenvalue weighted by atomic mass is 16.3. The maximum absolute atomic E-state index is 9.94. The number of hydrogen-bond donors (Lipinski definition) is 0. The van der Waals surface area contributed by atoms with Crippen LogP contribution in [0.25, 0.3) is 10.4 Å². The van der Waals surface area contributed by atoms with Crippen molar-refractivity contribution in [3.63, 3.8) is 0 Å². The summed E-state index contributed by atoms with van der Waals surface area (Å²) in [6, 6.07) is 0. The normalized spacial score (nSPS) is 11.4. The largest absolute Gasteiger partial charge is 0.253 e. The summed E-state index contributed by atoms with van der Waals surface area (Å²) in [6.07, 6.45) is -0.493. The fourth-order valence-electron chi connectivity index (χ4n) is 0.525. The summed E-state index contributed by atoms with van der Waals surface area (Å²) in [4.78, 5) is 12.5. The third-order valence-electron chi connectivity index (χ3n) is 1.08. The second kappa shape index (κ2) is 4.58. The molecule has 0 amide bonds. The Labute approximate surface area is 58.4 Å². The van der Waals surface area contributed by atoms with Crippen molar-refractivity contribution < 1.29 is 0 Å². The van der Waals surface area contributed by atoms with E-state index in [1.165, 1.54) is 0 Å². The quantitative estimate of drug-likeness (QED) is 0.197. The van der Waals surface area contributed by atoms with Crippen LogP contribution in [0.5, 0.6) is 0 Å². The fourth-order valence-corrected chi connectivity index (χ4v) is 0.525. The van der Waals surface area contributed by atoms with Gasteiger partial charge in [-0.2, -0.15) is 0 Å². The van der Waals surface area contributed by atoms with Crippen LogP contribution in [0, 0.1) is 4.91 Å². The lowest BCUT2D eigenvalue weighted by Crippen LogP contribution is -2.24. The van der Waals surface area contributed by atoms with Crippen molar-refractivity contribution in [2.45, 2.75) is 20.0 Å². The van der Waals surface area contributed by atoms with Gasteiger partial charge in [0.15, 0.2) is 0 Å². The summed E-state index contributed by atoms with van der Waals surface area (Å²) in [6.45, 7) is 3.80. The summed E-state index contributed by atoms with van der Waals surface area (Å²) < 4.78 is 0. The first-order valence-electron chi connectivity index (χ1n) is 2.90.